The first-order valence-corrected chi connectivity index (χ1v) is 16.2. The highest BCUT2D eigenvalue weighted by Gasteiger charge is 2.75. The van der Waals surface area contributed by atoms with Gasteiger partial charge in [0.1, 0.15) is 23.3 Å². The standard InChI is InChI=1S/C34H33ClF2O7S/c1-31-13-11-21(38)15-20(31)5-9-25-24-12-14-33(30(42)45-18-36,32(24,2)17-28(40)34(25,31)37)44-29(41)19-3-6-22(7-4-19)43-23-8-10-26(35)27(39)16-23/h3-4,6-8,10-11,13,15-16,24-25,28,39-40H,5,9,12,14,17-18H2,1-2H3/t24-,25-,28-,31-,32-,33-,34-/m0/s1. The number of thioether (sulfide) groups is 1. The third-order valence-electron chi connectivity index (χ3n) is 10.8. The van der Waals surface area contributed by atoms with Crippen molar-refractivity contribution < 1.29 is 42.9 Å². The lowest BCUT2D eigenvalue weighted by Crippen LogP contribution is -2.69. The van der Waals surface area contributed by atoms with E-state index in [0.29, 0.717) is 48.1 Å². The fourth-order valence-corrected chi connectivity index (χ4v) is 9.30. The van der Waals surface area contributed by atoms with Gasteiger partial charge in [0.05, 0.1) is 16.7 Å². The van der Waals surface area contributed by atoms with E-state index in [1.165, 1.54) is 48.6 Å². The maximum absolute atomic E-state index is 17.5. The van der Waals surface area contributed by atoms with Gasteiger partial charge in [-0.15, -0.1) is 0 Å². The van der Waals surface area contributed by atoms with Gasteiger partial charge < -0.3 is 19.7 Å². The van der Waals surface area contributed by atoms with E-state index in [1.54, 1.807) is 26.0 Å². The predicted molar refractivity (Wildman–Crippen MR) is 165 cm³/mol. The molecule has 0 saturated heterocycles. The molecule has 7 nitrogen and oxygen atoms in total. The molecule has 0 aliphatic heterocycles. The van der Waals surface area contributed by atoms with Crippen molar-refractivity contribution in [3.05, 3.63) is 76.9 Å². The largest absolute Gasteiger partial charge is 0.506 e. The van der Waals surface area contributed by atoms with Crippen molar-refractivity contribution in [3.63, 3.8) is 0 Å². The Kier molecular flexibility index (Phi) is 7.93. The summed E-state index contributed by atoms with van der Waals surface area (Å²) in [6, 6.07) is 9.31. The third kappa shape index (κ3) is 4.74. The van der Waals surface area contributed by atoms with Gasteiger partial charge in [-0.3, -0.25) is 9.59 Å². The average Bonchev–Trinajstić information content (AvgIpc) is 3.28. The van der Waals surface area contributed by atoms with Crippen LogP contribution in [0.15, 0.2) is 66.3 Å². The topological polar surface area (TPSA) is 110 Å². The van der Waals surface area contributed by atoms with E-state index in [2.05, 4.69) is 0 Å². The predicted octanol–water partition coefficient (Wildman–Crippen LogP) is 7.29. The van der Waals surface area contributed by atoms with Crippen LogP contribution in [0.2, 0.25) is 5.02 Å². The molecule has 45 heavy (non-hydrogen) atoms. The van der Waals surface area contributed by atoms with Gasteiger partial charge in [0, 0.05) is 22.8 Å². The first kappa shape index (κ1) is 31.8. The summed E-state index contributed by atoms with van der Waals surface area (Å²) in [5, 5.41) is 21.0. The summed E-state index contributed by atoms with van der Waals surface area (Å²) in [4.78, 5) is 39.5. The number of hydrogen-bond acceptors (Lipinski definition) is 8. The van der Waals surface area contributed by atoms with Crippen LogP contribution < -0.4 is 4.74 Å². The number of allylic oxidation sites excluding steroid dienone is 4. The molecule has 0 radical (unpaired) electrons. The normalized spacial score (nSPS) is 35.1. The Morgan fingerprint density at radius 3 is 2.49 bits per heavy atom. The lowest BCUT2D eigenvalue weighted by Gasteiger charge is -2.62. The Hall–Kier alpha value is -3.21. The molecule has 0 amide bonds. The Bertz CT molecular complexity index is 1630. The van der Waals surface area contributed by atoms with Crippen LogP contribution in [-0.4, -0.2) is 50.5 Å². The van der Waals surface area contributed by atoms with Crippen molar-refractivity contribution in [1.29, 1.82) is 0 Å². The third-order valence-corrected chi connectivity index (χ3v) is 11.8. The van der Waals surface area contributed by atoms with Crippen LogP contribution in [0.5, 0.6) is 17.2 Å². The van der Waals surface area contributed by atoms with Crippen LogP contribution >= 0.6 is 23.4 Å². The molecule has 4 aliphatic rings. The second-order valence-corrected chi connectivity index (χ2v) is 14.1. The first-order chi connectivity index (χ1) is 21.3. The molecule has 11 heteroatoms. The fraction of sp³-hybridized carbons (Fsp3) is 0.441. The van der Waals surface area contributed by atoms with Gasteiger partial charge >= 0.3 is 5.97 Å². The van der Waals surface area contributed by atoms with E-state index >= 15 is 4.39 Å². The highest BCUT2D eigenvalue weighted by molar-refractivity contribution is 8.13. The van der Waals surface area contributed by atoms with Crippen molar-refractivity contribution in [2.45, 2.75) is 63.3 Å². The highest BCUT2D eigenvalue weighted by atomic mass is 35.5. The van der Waals surface area contributed by atoms with Gasteiger partial charge in [0.15, 0.2) is 17.1 Å². The quantitative estimate of drug-likeness (QED) is 0.312. The zero-order valence-corrected chi connectivity index (χ0v) is 26.3. The fourth-order valence-electron chi connectivity index (χ4n) is 8.48. The molecule has 0 aromatic heterocycles. The Morgan fingerprint density at radius 1 is 1.09 bits per heavy atom. The molecule has 4 aliphatic carbocycles. The number of aliphatic hydroxyl groups is 1. The number of rotatable bonds is 6. The van der Waals surface area contributed by atoms with Crippen LogP contribution in [0, 0.1) is 22.7 Å². The van der Waals surface area contributed by atoms with E-state index in [4.69, 9.17) is 21.1 Å². The number of carbonyl (C=O) groups is 3. The molecule has 0 spiro atoms. The summed E-state index contributed by atoms with van der Waals surface area (Å²) in [6.07, 6.45) is 3.80. The Labute approximate surface area is 268 Å². The molecule has 0 bridgehead atoms. The summed E-state index contributed by atoms with van der Waals surface area (Å²) in [5.41, 5.74) is -5.58. The van der Waals surface area contributed by atoms with E-state index in [9.17, 15) is 29.0 Å². The number of alkyl halides is 2. The summed E-state index contributed by atoms with van der Waals surface area (Å²) in [5.74, 6) is -1.67. The lowest BCUT2D eigenvalue weighted by molar-refractivity contribution is -0.214. The molecule has 7 atom stereocenters. The molecule has 3 saturated carbocycles. The van der Waals surface area contributed by atoms with E-state index < -0.39 is 57.1 Å². The zero-order chi connectivity index (χ0) is 32.4. The number of benzene rings is 2. The van der Waals surface area contributed by atoms with Crippen LogP contribution in [-0.2, 0) is 14.3 Å². The van der Waals surface area contributed by atoms with E-state index in [0.717, 1.165) is 0 Å². The number of esters is 1. The minimum atomic E-state index is -2.12. The van der Waals surface area contributed by atoms with Gasteiger partial charge in [-0.2, -0.15) is 0 Å². The zero-order valence-electron chi connectivity index (χ0n) is 24.7. The number of ether oxygens (including phenoxy) is 2. The smallest absolute Gasteiger partial charge is 0.339 e. The van der Waals surface area contributed by atoms with Crippen LogP contribution in [0.1, 0.15) is 56.3 Å². The van der Waals surface area contributed by atoms with Gasteiger partial charge in [-0.05, 0) is 105 Å². The maximum Gasteiger partial charge on any atom is 0.339 e. The summed E-state index contributed by atoms with van der Waals surface area (Å²) in [7, 11) is 0. The molecule has 6 rings (SSSR count). The maximum atomic E-state index is 17.5. The summed E-state index contributed by atoms with van der Waals surface area (Å²) >= 11 is 6.26. The second kappa shape index (κ2) is 11.2. The number of halogens is 3. The van der Waals surface area contributed by atoms with Crippen molar-refractivity contribution in [3.8, 4) is 17.2 Å². The monoisotopic (exact) mass is 658 g/mol. The van der Waals surface area contributed by atoms with Crippen LogP contribution in [0.25, 0.3) is 0 Å². The number of ketones is 1. The molecule has 3 fully saturated rings. The molecule has 2 N–H and O–H groups in total. The van der Waals surface area contributed by atoms with Crippen molar-refractivity contribution in [2.75, 3.05) is 6.01 Å². The van der Waals surface area contributed by atoms with Crippen LogP contribution in [0.4, 0.5) is 8.78 Å². The average molecular weight is 659 g/mol. The number of aliphatic hydroxyl groups excluding tert-OH is 1. The van der Waals surface area contributed by atoms with E-state index in [-0.39, 0.29) is 35.0 Å². The Morgan fingerprint density at radius 2 is 1.80 bits per heavy atom. The number of carbonyl (C=O) groups excluding carboxylic acids is 3. The summed E-state index contributed by atoms with van der Waals surface area (Å²) < 4.78 is 42.9. The molecule has 2 aromatic carbocycles. The molecule has 238 valence electrons. The van der Waals surface area contributed by atoms with Crippen LogP contribution in [0.3, 0.4) is 0 Å². The highest BCUT2D eigenvalue weighted by Crippen LogP contribution is 2.70. The van der Waals surface area contributed by atoms with Gasteiger partial charge in [0.2, 0.25) is 5.12 Å². The number of fused-ring (bicyclic) bond motifs is 5. The Balaban J connectivity index is 1.30. The molecule has 0 unspecified atom stereocenters. The number of aromatic hydroxyl groups is 1. The molecule has 2 aromatic rings. The van der Waals surface area contributed by atoms with E-state index in [1.807, 2.05) is 0 Å². The first-order valence-electron chi connectivity index (χ1n) is 14.8. The minimum absolute atomic E-state index is 0.0556. The van der Waals surface area contributed by atoms with Gasteiger partial charge in [-0.1, -0.05) is 30.2 Å². The second-order valence-electron chi connectivity index (χ2n) is 12.8. The number of phenolic OH excluding ortho intramolecular Hbond substituents is 1. The number of phenols is 1. The van der Waals surface area contributed by atoms with Gasteiger partial charge in [-0.25, -0.2) is 13.6 Å². The molecule has 0 heterocycles. The van der Waals surface area contributed by atoms with Gasteiger partial charge in [0.25, 0.3) is 0 Å². The lowest BCUT2D eigenvalue weighted by atomic mass is 9.45. The number of hydrogen-bond donors (Lipinski definition) is 2. The van der Waals surface area contributed by atoms with Crippen molar-refractivity contribution in [1.82, 2.24) is 0 Å². The molecular weight excluding hydrogens is 626 g/mol. The van der Waals surface area contributed by atoms with Crippen molar-refractivity contribution >= 4 is 40.2 Å². The SMILES string of the molecule is C[C@]12C=CC(=O)C=C1CC[C@H]1[C@@H]3CC[C@](OC(=O)c4ccc(Oc5ccc(Cl)c(O)c5)cc4)(C(=O)SCF)[C@@]3(C)C[C@H](O)[C@@]12F. The van der Waals surface area contributed by atoms with Crippen molar-refractivity contribution in [2.24, 2.45) is 22.7 Å². The minimum Gasteiger partial charge on any atom is -0.506 e. The molecular formula is C34H33ClF2O7S. The summed E-state index contributed by atoms with van der Waals surface area (Å²) in [6.45, 7) is 3.44.